The molecule has 3 aromatic rings. The SMILES string of the molecule is CC(C)C(=O)NCc1ccc(Cl)c(C(=O)Nc2ccc3c(c2)C(=O)N(Cc2ccc(OC(F)(F)F)cc2)CO3)c1. The number of halogens is 4. The highest BCUT2D eigenvalue weighted by molar-refractivity contribution is 6.34. The zero-order chi connectivity index (χ0) is 29.0. The van der Waals surface area contributed by atoms with Gasteiger partial charge in [0.1, 0.15) is 11.5 Å². The van der Waals surface area contributed by atoms with Crippen LogP contribution in [-0.2, 0) is 17.9 Å². The maximum atomic E-state index is 13.2. The number of amides is 3. The Labute approximate surface area is 233 Å². The summed E-state index contributed by atoms with van der Waals surface area (Å²) in [7, 11) is 0. The third-order valence-corrected chi connectivity index (χ3v) is 6.26. The summed E-state index contributed by atoms with van der Waals surface area (Å²) in [5.74, 6) is -1.23. The molecular formula is C28H25ClF3N3O5. The van der Waals surface area contributed by atoms with Gasteiger partial charge in [0.25, 0.3) is 11.8 Å². The Kier molecular flexibility index (Phi) is 8.53. The van der Waals surface area contributed by atoms with Gasteiger partial charge < -0.3 is 25.0 Å². The van der Waals surface area contributed by atoms with Crippen molar-refractivity contribution in [1.82, 2.24) is 10.2 Å². The second kappa shape index (κ2) is 11.9. The zero-order valence-electron chi connectivity index (χ0n) is 21.5. The number of fused-ring (bicyclic) bond motifs is 1. The molecule has 1 aliphatic rings. The molecule has 0 spiro atoms. The van der Waals surface area contributed by atoms with E-state index in [1.807, 2.05) is 0 Å². The van der Waals surface area contributed by atoms with Gasteiger partial charge in [-0.15, -0.1) is 13.2 Å². The molecule has 0 fully saturated rings. The van der Waals surface area contributed by atoms with Crippen molar-refractivity contribution in [3.63, 3.8) is 0 Å². The molecule has 4 rings (SSSR count). The highest BCUT2D eigenvalue weighted by atomic mass is 35.5. The highest BCUT2D eigenvalue weighted by Crippen LogP contribution is 2.30. The molecule has 0 saturated heterocycles. The molecule has 0 bridgehead atoms. The van der Waals surface area contributed by atoms with E-state index >= 15 is 0 Å². The van der Waals surface area contributed by atoms with Crippen molar-refractivity contribution < 1.29 is 37.0 Å². The number of nitrogens with one attached hydrogen (secondary N) is 2. The molecule has 12 heteroatoms. The van der Waals surface area contributed by atoms with Crippen LogP contribution in [0.15, 0.2) is 60.7 Å². The van der Waals surface area contributed by atoms with Crippen LogP contribution in [0.3, 0.4) is 0 Å². The average Bonchev–Trinajstić information content (AvgIpc) is 2.90. The lowest BCUT2D eigenvalue weighted by Gasteiger charge is -2.29. The lowest BCUT2D eigenvalue weighted by molar-refractivity contribution is -0.274. The fourth-order valence-corrected chi connectivity index (χ4v) is 4.06. The number of rotatable bonds is 8. The molecule has 2 N–H and O–H groups in total. The Morgan fingerprint density at radius 1 is 1.05 bits per heavy atom. The van der Waals surface area contributed by atoms with Gasteiger partial charge in [0, 0.05) is 24.7 Å². The van der Waals surface area contributed by atoms with E-state index in [1.54, 1.807) is 44.2 Å². The summed E-state index contributed by atoms with van der Waals surface area (Å²) in [5.41, 5.74) is 1.98. The molecule has 1 aliphatic heterocycles. The number of hydrogen-bond donors (Lipinski definition) is 2. The Hall–Kier alpha value is -4.25. The number of alkyl halides is 3. The highest BCUT2D eigenvalue weighted by Gasteiger charge is 2.31. The number of carbonyl (C=O) groups is 3. The predicted octanol–water partition coefficient (Wildman–Crippen LogP) is 5.76. The number of benzene rings is 3. The number of anilines is 1. The van der Waals surface area contributed by atoms with Gasteiger partial charge in [-0.05, 0) is 53.6 Å². The van der Waals surface area contributed by atoms with E-state index in [-0.39, 0.29) is 59.5 Å². The number of hydrogen-bond acceptors (Lipinski definition) is 5. The molecule has 3 aromatic carbocycles. The van der Waals surface area contributed by atoms with Gasteiger partial charge in [-0.25, -0.2) is 0 Å². The normalized spacial score (nSPS) is 13.0. The molecule has 1 heterocycles. The molecular weight excluding hydrogens is 551 g/mol. The first-order valence-corrected chi connectivity index (χ1v) is 12.6. The van der Waals surface area contributed by atoms with Crippen LogP contribution in [0.4, 0.5) is 18.9 Å². The van der Waals surface area contributed by atoms with E-state index in [1.165, 1.54) is 23.1 Å². The first-order chi connectivity index (χ1) is 18.9. The van der Waals surface area contributed by atoms with Gasteiger partial charge in [-0.1, -0.05) is 43.6 Å². The summed E-state index contributed by atoms with van der Waals surface area (Å²) in [4.78, 5) is 39.4. The predicted molar refractivity (Wildman–Crippen MR) is 141 cm³/mol. The van der Waals surface area contributed by atoms with Crippen LogP contribution in [0.1, 0.15) is 45.7 Å². The molecule has 0 saturated carbocycles. The maximum Gasteiger partial charge on any atom is 0.573 e. The second-order valence-corrected chi connectivity index (χ2v) is 9.73. The van der Waals surface area contributed by atoms with E-state index in [0.29, 0.717) is 22.6 Å². The van der Waals surface area contributed by atoms with Crippen molar-refractivity contribution in [2.24, 2.45) is 5.92 Å². The topological polar surface area (TPSA) is 97.0 Å². The fraction of sp³-hybridized carbons (Fsp3) is 0.250. The summed E-state index contributed by atoms with van der Waals surface area (Å²) in [6.45, 7) is 3.80. The molecule has 8 nitrogen and oxygen atoms in total. The third-order valence-electron chi connectivity index (χ3n) is 5.93. The Balaban J connectivity index is 1.44. The molecule has 210 valence electrons. The number of nitrogens with zero attached hydrogens (tertiary/aromatic N) is 1. The van der Waals surface area contributed by atoms with Gasteiger partial charge in [0.15, 0.2) is 6.73 Å². The van der Waals surface area contributed by atoms with E-state index < -0.39 is 12.3 Å². The second-order valence-electron chi connectivity index (χ2n) is 9.32. The maximum absolute atomic E-state index is 13.2. The van der Waals surface area contributed by atoms with Crippen LogP contribution in [0.25, 0.3) is 0 Å². The van der Waals surface area contributed by atoms with Crippen molar-refractivity contribution in [2.45, 2.75) is 33.3 Å². The lowest BCUT2D eigenvalue weighted by atomic mass is 10.1. The number of carbonyl (C=O) groups excluding carboxylic acids is 3. The molecule has 0 radical (unpaired) electrons. The van der Waals surface area contributed by atoms with E-state index in [4.69, 9.17) is 16.3 Å². The summed E-state index contributed by atoms with van der Waals surface area (Å²) in [6.07, 6.45) is -4.80. The summed E-state index contributed by atoms with van der Waals surface area (Å²) in [6, 6.07) is 14.6. The smallest absolute Gasteiger partial charge is 0.472 e. The minimum atomic E-state index is -4.80. The Bertz CT molecular complexity index is 1430. The van der Waals surface area contributed by atoms with Gasteiger partial charge in [-0.2, -0.15) is 0 Å². The van der Waals surface area contributed by atoms with Gasteiger partial charge in [0.2, 0.25) is 5.91 Å². The molecule has 40 heavy (non-hydrogen) atoms. The zero-order valence-corrected chi connectivity index (χ0v) is 22.2. The number of ether oxygens (including phenoxy) is 2. The van der Waals surface area contributed by atoms with Gasteiger partial charge >= 0.3 is 6.36 Å². The summed E-state index contributed by atoms with van der Waals surface area (Å²) >= 11 is 6.25. The van der Waals surface area contributed by atoms with Crippen molar-refractivity contribution in [3.8, 4) is 11.5 Å². The van der Waals surface area contributed by atoms with Crippen molar-refractivity contribution in [1.29, 1.82) is 0 Å². The van der Waals surface area contributed by atoms with Crippen LogP contribution in [0.5, 0.6) is 11.5 Å². The minimum Gasteiger partial charge on any atom is -0.472 e. The van der Waals surface area contributed by atoms with E-state index in [9.17, 15) is 27.6 Å². The average molecular weight is 576 g/mol. The fourth-order valence-electron chi connectivity index (χ4n) is 3.86. The Morgan fingerprint density at radius 3 is 2.42 bits per heavy atom. The quantitative estimate of drug-likeness (QED) is 0.356. The largest absolute Gasteiger partial charge is 0.573 e. The van der Waals surface area contributed by atoms with Crippen molar-refractivity contribution in [2.75, 3.05) is 12.0 Å². The van der Waals surface area contributed by atoms with Gasteiger partial charge in [-0.3, -0.25) is 14.4 Å². The first-order valence-electron chi connectivity index (χ1n) is 12.2. The third kappa shape index (κ3) is 7.23. The van der Waals surface area contributed by atoms with E-state index in [0.717, 1.165) is 12.1 Å². The molecule has 0 aromatic heterocycles. The van der Waals surface area contributed by atoms with Gasteiger partial charge in [0.05, 0.1) is 16.1 Å². The Morgan fingerprint density at radius 2 is 1.75 bits per heavy atom. The van der Waals surface area contributed by atoms with Crippen molar-refractivity contribution >= 4 is 35.0 Å². The van der Waals surface area contributed by atoms with Crippen LogP contribution in [0.2, 0.25) is 5.02 Å². The lowest BCUT2D eigenvalue weighted by Crippen LogP contribution is -2.38. The summed E-state index contributed by atoms with van der Waals surface area (Å²) < 4.78 is 46.7. The van der Waals surface area contributed by atoms with Crippen LogP contribution >= 0.6 is 11.6 Å². The minimum absolute atomic E-state index is 0.0614. The standard InChI is InChI=1S/C28H25ClF3N3O5/c1-16(2)25(36)33-13-18-5-9-23(29)21(11-18)26(37)34-19-6-10-24-22(12-19)27(38)35(15-39-24)14-17-3-7-20(8-4-17)40-28(30,31)32/h3-12,16H,13-15H2,1-2H3,(H,33,36)(H,34,37). The van der Waals surface area contributed by atoms with E-state index in [2.05, 4.69) is 15.4 Å². The molecule has 0 unspecified atom stereocenters. The molecule has 0 atom stereocenters. The first kappa shape index (κ1) is 28.8. The monoisotopic (exact) mass is 575 g/mol. The molecule has 3 amide bonds. The van der Waals surface area contributed by atoms with Crippen LogP contribution < -0.4 is 20.1 Å². The van der Waals surface area contributed by atoms with Crippen LogP contribution in [0, 0.1) is 5.92 Å². The summed E-state index contributed by atoms with van der Waals surface area (Å²) in [5, 5.41) is 5.73. The molecule has 0 aliphatic carbocycles. The van der Waals surface area contributed by atoms with Crippen molar-refractivity contribution in [3.05, 3.63) is 87.9 Å². The van der Waals surface area contributed by atoms with Crippen LogP contribution in [-0.4, -0.2) is 35.7 Å².